The van der Waals surface area contributed by atoms with Crippen LogP contribution in [0.5, 0.6) is 0 Å². The Labute approximate surface area is 119 Å². The van der Waals surface area contributed by atoms with Crippen molar-refractivity contribution in [3.63, 3.8) is 0 Å². The Morgan fingerprint density at radius 2 is 1.74 bits per heavy atom. The average Bonchev–Trinajstić information content (AvgIpc) is 2.38. The molecule has 0 spiro atoms. The summed E-state index contributed by atoms with van der Waals surface area (Å²) >= 11 is 0. The minimum atomic E-state index is 0.279. The van der Waals surface area contributed by atoms with E-state index < -0.39 is 0 Å². The fourth-order valence-corrected chi connectivity index (χ4v) is 2.09. The van der Waals surface area contributed by atoms with Crippen molar-refractivity contribution in [2.24, 2.45) is 5.92 Å². The molecule has 0 aliphatic rings. The third kappa shape index (κ3) is 9.00. The number of carbonyl (C=O) groups excluding carboxylic acids is 1. The highest BCUT2D eigenvalue weighted by Gasteiger charge is 2.15. The third-order valence-corrected chi connectivity index (χ3v) is 3.28. The molecule has 114 valence electrons. The van der Waals surface area contributed by atoms with Crippen molar-refractivity contribution in [3.8, 4) is 0 Å². The topological polar surface area (TPSA) is 35.6 Å². The molecule has 0 aromatic carbocycles. The minimum Gasteiger partial charge on any atom is -0.341 e. The predicted molar refractivity (Wildman–Crippen MR) is 82.4 cm³/mol. The Morgan fingerprint density at radius 1 is 1.11 bits per heavy atom. The van der Waals surface area contributed by atoms with Gasteiger partial charge in [0.25, 0.3) is 0 Å². The molecule has 0 saturated heterocycles. The van der Waals surface area contributed by atoms with E-state index in [0.717, 1.165) is 45.8 Å². The van der Waals surface area contributed by atoms with Gasteiger partial charge in [0.2, 0.25) is 5.91 Å². The zero-order valence-electron chi connectivity index (χ0n) is 13.5. The molecular weight excluding hydrogens is 238 g/mol. The molecule has 0 radical (unpaired) electrons. The number of hydrogen-bond donors (Lipinski definition) is 1. The molecule has 0 rings (SSSR count). The van der Waals surface area contributed by atoms with Crippen molar-refractivity contribution in [1.29, 1.82) is 0 Å². The van der Waals surface area contributed by atoms with E-state index >= 15 is 0 Å². The molecule has 0 fully saturated rings. The predicted octanol–water partition coefficient (Wildman–Crippen LogP) is 1.81. The van der Waals surface area contributed by atoms with Crippen molar-refractivity contribution in [2.75, 3.05) is 45.8 Å². The summed E-state index contributed by atoms with van der Waals surface area (Å²) in [4.78, 5) is 16.6. The second-order valence-corrected chi connectivity index (χ2v) is 5.36. The van der Waals surface area contributed by atoms with Crippen LogP contribution in [-0.4, -0.2) is 61.5 Å². The highest BCUT2D eigenvalue weighted by atomic mass is 16.2. The molecule has 0 aliphatic heterocycles. The Bertz CT molecular complexity index is 227. The van der Waals surface area contributed by atoms with Gasteiger partial charge in [-0.15, -0.1) is 0 Å². The summed E-state index contributed by atoms with van der Waals surface area (Å²) in [5.74, 6) is 0.807. The van der Waals surface area contributed by atoms with Crippen LogP contribution in [0.15, 0.2) is 0 Å². The van der Waals surface area contributed by atoms with Crippen LogP contribution in [0, 0.1) is 5.92 Å². The normalized spacial score (nSPS) is 11.3. The fourth-order valence-electron chi connectivity index (χ4n) is 2.09. The monoisotopic (exact) mass is 271 g/mol. The van der Waals surface area contributed by atoms with Gasteiger partial charge in [-0.3, -0.25) is 4.79 Å². The molecule has 4 heteroatoms. The number of likely N-dealkylation sites (N-methyl/N-ethyl adjacent to an activating group) is 1. The molecule has 0 unspecified atom stereocenters. The molecule has 19 heavy (non-hydrogen) atoms. The first-order valence-electron chi connectivity index (χ1n) is 7.75. The van der Waals surface area contributed by atoms with E-state index in [2.05, 4.69) is 44.8 Å². The highest BCUT2D eigenvalue weighted by molar-refractivity contribution is 5.76. The van der Waals surface area contributed by atoms with Crippen LogP contribution >= 0.6 is 0 Å². The van der Waals surface area contributed by atoms with Crippen molar-refractivity contribution in [1.82, 2.24) is 15.1 Å². The Hall–Kier alpha value is -0.610. The zero-order chi connectivity index (χ0) is 14.7. The number of hydrogen-bond acceptors (Lipinski definition) is 3. The lowest BCUT2D eigenvalue weighted by molar-refractivity contribution is -0.131. The number of nitrogens with one attached hydrogen (secondary N) is 1. The summed E-state index contributed by atoms with van der Waals surface area (Å²) in [6.45, 7) is 17.3. The first-order valence-corrected chi connectivity index (χ1v) is 7.75. The minimum absolute atomic E-state index is 0.279. The van der Waals surface area contributed by atoms with E-state index in [1.54, 1.807) is 0 Å². The van der Waals surface area contributed by atoms with Gasteiger partial charge in [0.1, 0.15) is 0 Å². The second-order valence-electron chi connectivity index (χ2n) is 5.36. The lowest BCUT2D eigenvalue weighted by Gasteiger charge is -2.28. The zero-order valence-corrected chi connectivity index (χ0v) is 13.5. The van der Waals surface area contributed by atoms with Gasteiger partial charge in [-0.25, -0.2) is 0 Å². The van der Waals surface area contributed by atoms with Crippen LogP contribution < -0.4 is 5.32 Å². The number of carbonyl (C=O) groups is 1. The van der Waals surface area contributed by atoms with E-state index in [0.29, 0.717) is 12.3 Å². The summed E-state index contributed by atoms with van der Waals surface area (Å²) in [5, 5.41) is 3.22. The largest absolute Gasteiger partial charge is 0.341 e. The molecule has 1 amide bonds. The molecule has 0 aromatic rings. The molecule has 0 heterocycles. The third-order valence-electron chi connectivity index (χ3n) is 3.28. The van der Waals surface area contributed by atoms with Crippen LogP contribution in [0.2, 0.25) is 0 Å². The summed E-state index contributed by atoms with van der Waals surface area (Å²) in [5.41, 5.74) is 0. The van der Waals surface area contributed by atoms with Gasteiger partial charge < -0.3 is 15.1 Å². The van der Waals surface area contributed by atoms with E-state index in [1.807, 2.05) is 4.90 Å². The second kappa shape index (κ2) is 11.2. The number of amides is 1. The first-order chi connectivity index (χ1) is 9.04. The van der Waals surface area contributed by atoms with Gasteiger partial charge in [-0.2, -0.15) is 0 Å². The van der Waals surface area contributed by atoms with Crippen LogP contribution in [0.4, 0.5) is 0 Å². The Morgan fingerprint density at radius 3 is 2.21 bits per heavy atom. The van der Waals surface area contributed by atoms with Crippen LogP contribution in [-0.2, 0) is 4.79 Å². The lowest BCUT2D eigenvalue weighted by Crippen LogP contribution is -2.41. The van der Waals surface area contributed by atoms with Gasteiger partial charge in [0, 0.05) is 32.6 Å². The maximum Gasteiger partial charge on any atom is 0.223 e. The van der Waals surface area contributed by atoms with Crippen LogP contribution in [0.1, 0.15) is 41.0 Å². The van der Waals surface area contributed by atoms with E-state index in [9.17, 15) is 4.79 Å². The molecule has 0 bridgehead atoms. The standard InChI is InChI=1S/C15H33N3O/c1-6-16-10-9-15(19)18(13-14(4)5)12-11-17(7-2)8-3/h14,16H,6-13H2,1-5H3. The molecule has 0 atom stereocenters. The maximum absolute atomic E-state index is 12.2. The SMILES string of the molecule is CCNCCC(=O)N(CCN(CC)CC)CC(C)C. The smallest absolute Gasteiger partial charge is 0.223 e. The van der Waals surface area contributed by atoms with Crippen molar-refractivity contribution in [2.45, 2.75) is 41.0 Å². The van der Waals surface area contributed by atoms with E-state index in [1.165, 1.54) is 0 Å². The first kappa shape index (κ1) is 18.4. The van der Waals surface area contributed by atoms with Crippen molar-refractivity contribution in [3.05, 3.63) is 0 Å². The lowest BCUT2D eigenvalue weighted by atomic mass is 10.2. The molecule has 0 saturated carbocycles. The molecule has 0 aliphatic carbocycles. The molecular formula is C15H33N3O. The van der Waals surface area contributed by atoms with Gasteiger partial charge in [0.05, 0.1) is 0 Å². The van der Waals surface area contributed by atoms with Crippen molar-refractivity contribution >= 4 is 5.91 Å². The van der Waals surface area contributed by atoms with Gasteiger partial charge in [0.15, 0.2) is 0 Å². The molecule has 4 nitrogen and oxygen atoms in total. The highest BCUT2D eigenvalue weighted by Crippen LogP contribution is 2.02. The molecule has 0 aromatic heterocycles. The number of rotatable bonds is 11. The van der Waals surface area contributed by atoms with Gasteiger partial charge in [-0.1, -0.05) is 34.6 Å². The summed E-state index contributed by atoms with van der Waals surface area (Å²) in [6, 6.07) is 0. The van der Waals surface area contributed by atoms with Crippen LogP contribution in [0.25, 0.3) is 0 Å². The maximum atomic E-state index is 12.2. The van der Waals surface area contributed by atoms with E-state index in [-0.39, 0.29) is 5.91 Å². The average molecular weight is 271 g/mol. The number of nitrogens with zero attached hydrogens (tertiary/aromatic N) is 2. The van der Waals surface area contributed by atoms with Gasteiger partial charge >= 0.3 is 0 Å². The Kier molecular flexibility index (Phi) is 10.9. The fraction of sp³-hybridized carbons (Fsp3) is 0.933. The van der Waals surface area contributed by atoms with E-state index in [4.69, 9.17) is 0 Å². The Balaban J connectivity index is 4.24. The molecule has 1 N–H and O–H groups in total. The van der Waals surface area contributed by atoms with Crippen LogP contribution in [0.3, 0.4) is 0 Å². The quantitative estimate of drug-likeness (QED) is 0.582. The van der Waals surface area contributed by atoms with Crippen molar-refractivity contribution < 1.29 is 4.79 Å². The summed E-state index contributed by atoms with van der Waals surface area (Å²) in [7, 11) is 0. The van der Waals surface area contributed by atoms with Gasteiger partial charge in [-0.05, 0) is 25.6 Å². The summed E-state index contributed by atoms with van der Waals surface area (Å²) in [6.07, 6.45) is 0.610. The summed E-state index contributed by atoms with van der Waals surface area (Å²) < 4.78 is 0.